The molecule has 1 aromatic rings. The second kappa shape index (κ2) is 5.42. The average molecular weight is 247 g/mol. The lowest BCUT2D eigenvalue weighted by Crippen LogP contribution is -2.12. The Labute approximate surface area is 94.6 Å². The molecule has 0 aromatic carbocycles. The number of carbonyl (C=O) groups excluding carboxylic acids is 1. The van der Waals surface area contributed by atoms with Gasteiger partial charge in [0.25, 0.3) is 5.24 Å². The van der Waals surface area contributed by atoms with Crippen molar-refractivity contribution >= 4 is 39.2 Å². The van der Waals surface area contributed by atoms with Crippen molar-refractivity contribution in [1.29, 1.82) is 0 Å². The van der Waals surface area contributed by atoms with Crippen LogP contribution in [-0.2, 0) is 9.63 Å². The summed E-state index contributed by atoms with van der Waals surface area (Å²) in [5.41, 5.74) is 5.18. The monoisotopic (exact) mass is 246 g/mol. The van der Waals surface area contributed by atoms with Crippen molar-refractivity contribution in [3.8, 4) is 0 Å². The number of oxime groups is 1. The van der Waals surface area contributed by atoms with E-state index < -0.39 is 5.24 Å². The van der Waals surface area contributed by atoms with E-state index in [4.69, 9.17) is 22.2 Å². The lowest BCUT2D eigenvalue weighted by atomic mass is 10.4. The minimum Gasteiger partial charge on any atom is -0.391 e. The first kappa shape index (κ1) is 11.6. The van der Waals surface area contributed by atoms with Crippen LogP contribution in [0, 0.1) is 0 Å². The summed E-state index contributed by atoms with van der Waals surface area (Å²) in [4.78, 5) is 19.4. The molecule has 0 aliphatic heterocycles. The highest BCUT2D eigenvalue weighted by Crippen LogP contribution is 2.08. The number of nitrogen functional groups attached to an aromatic ring is 1. The maximum atomic E-state index is 11.0. The molecule has 0 aliphatic rings. The van der Waals surface area contributed by atoms with E-state index in [9.17, 15) is 4.79 Å². The van der Waals surface area contributed by atoms with Crippen LogP contribution in [0.2, 0.25) is 0 Å². The molecular formula is C7H7ClN4O2S. The maximum Gasteiger partial charge on any atom is 0.278 e. The van der Waals surface area contributed by atoms with E-state index in [1.807, 2.05) is 0 Å². The van der Waals surface area contributed by atoms with E-state index in [-0.39, 0.29) is 23.3 Å². The van der Waals surface area contributed by atoms with Gasteiger partial charge in [-0.3, -0.25) is 4.79 Å². The standard InChI is InChI=1S/C7H7ClN4O2S/c1-2-3-14-11-4(5(8)13)6-10-7(9)15-12-6/h2H,1,3H2,(H2,9,10,12)/b11-4+. The number of rotatable bonds is 5. The highest BCUT2D eigenvalue weighted by molar-refractivity contribution is 7.09. The fourth-order valence-electron chi connectivity index (χ4n) is 0.651. The minimum atomic E-state index is -0.808. The molecule has 0 amide bonds. The zero-order valence-corrected chi connectivity index (χ0v) is 9.09. The molecule has 0 atom stereocenters. The van der Waals surface area contributed by atoms with Gasteiger partial charge in [0.15, 0.2) is 5.13 Å². The lowest BCUT2D eigenvalue weighted by Gasteiger charge is -1.95. The number of halogens is 1. The van der Waals surface area contributed by atoms with Crippen molar-refractivity contribution < 1.29 is 9.63 Å². The molecule has 1 rings (SSSR count). The summed E-state index contributed by atoms with van der Waals surface area (Å²) in [6.07, 6.45) is 1.47. The quantitative estimate of drug-likeness (QED) is 0.273. The predicted molar refractivity (Wildman–Crippen MR) is 57.9 cm³/mol. The summed E-state index contributed by atoms with van der Waals surface area (Å²) in [7, 11) is 0. The van der Waals surface area contributed by atoms with Crippen molar-refractivity contribution in [3.63, 3.8) is 0 Å². The van der Waals surface area contributed by atoms with Crippen molar-refractivity contribution in [3.05, 3.63) is 18.5 Å². The molecule has 0 radical (unpaired) electrons. The van der Waals surface area contributed by atoms with Gasteiger partial charge in [0.1, 0.15) is 6.61 Å². The van der Waals surface area contributed by atoms with Crippen LogP contribution in [0.5, 0.6) is 0 Å². The topological polar surface area (TPSA) is 90.5 Å². The van der Waals surface area contributed by atoms with E-state index in [1.165, 1.54) is 6.08 Å². The number of aromatic nitrogens is 2. The highest BCUT2D eigenvalue weighted by Gasteiger charge is 2.17. The molecule has 0 saturated carbocycles. The number of anilines is 1. The zero-order valence-electron chi connectivity index (χ0n) is 7.51. The van der Waals surface area contributed by atoms with Gasteiger partial charge in [-0.25, -0.2) is 0 Å². The molecule has 2 N–H and O–H groups in total. The van der Waals surface area contributed by atoms with Crippen molar-refractivity contribution in [2.24, 2.45) is 5.16 Å². The molecule has 6 nitrogen and oxygen atoms in total. The number of hydrogen-bond donors (Lipinski definition) is 1. The van der Waals surface area contributed by atoms with Crippen LogP contribution >= 0.6 is 23.1 Å². The van der Waals surface area contributed by atoms with Gasteiger partial charge in [-0.15, -0.1) is 0 Å². The summed E-state index contributed by atoms with van der Waals surface area (Å²) in [6, 6.07) is 0. The first-order chi connectivity index (χ1) is 7.15. The van der Waals surface area contributed by atoms with Crippen LogP contribution in [0.3, 0.4) is 0 Å². The fourth-order valence-corrected chi connectivity index (χ4v) is 1.20. The second-order valence-corrected chi connectivity index (χ2v) is 3.38. The molecule has 0 bridgehead atoms. The third-order valence-corrected chi connectivity index (χ3v) is 1.91. The third kappa shape index (κ3) is 3.30. The third-order valence-electron chi connectivity index (χ3n) is 1.19. The number of carbonyl (C=O) groups is 1. The molecule has 8 heteroatoms. The van der Waals surface area contributed by atoms with Crippen molar-refractivity contribution in [1.82, 2.24) is 9.36 Å². The number of nitrogens with zero attached hydrogens (tertiary/aromatic N) is 3. The zero-order chi connectivity index (χ0) is 11.3. The molecule has 0 fully saturated rings. The maximum absolute atomic E-state index is 11.0. The molecule has 0 unspecified atom stereocenters. The SMILES string of the molecule is C=CCO/N=C(\C(=O)Cl)c1nsc(N)n1. The van der Waals surface area contributed by atoms with Crippen molar-refractivity contribution in [2.45, 2.75) is 0 Å². The largest absolute Gasteiger partial charge is 0.391 e. The van der Waals surface area contributed by atoms with Crippen LogP contribution < -0.4 is 5.73 Å². The van der Waals surface area contributed by atoms with Crippen molar-refractivity contribution in [2.75, 3.05) is 12.3 Å². The van der Waals surface area contributed by atoms with Crippen LogP contribution in [0.4, 0.5) is 5.13 Å². The molecule has 1 heterocycles. The Balaban J connectivity index is 2.87. The smallest absolute Gasteiger partial charge is 0.278 e. The molecule has 0 saturated heterocycles. The van der Waals surface area contributed by atoms with Gasteiger partial charge in [0.05, 0.1) is 0 Å². The molecule has 1 aromatic heterocycles. The summed E-state index contributed by atoms with van der Waals surface area (Å²) in [5.74, 6) is 0.0570. The first-order valence-corrected chi connectivity index (χ1v) is 4.90. The molecule has 0 spiro atoms. The van der Waals surface area contributed by atoms with E-state index in [0.29, 0.717) is 0 Å². The fraction of sp³-hybridized carbons (Fsp3) is 0.143. The van der Waals surface area contributed by atoms with Gasteiger partial charge in [0, 0.05) is 11.5 Å². The molecule has 15 heavy (non-hydrogen) atoms. The van der Waals surface area contributed by atoms with Crippen LogP contribution in [0.1, 0.15) is 5.82 Å². The number of nitrogens with two attached hydrogens (primary N) is 1. The van der Waals surface area contributed by atoms with Gasteiger partial charge in [-0.05, 0) is 11.6 Å². The predicted octanol–water partition coefficient (Wildman–Crippen LogP) is 0.792. The Hall–Kier alpha value is -1.47. The van der Waals surface area contributed by atoms with E-state index in [0.717, 1.165) is 11.5 Å². The first-order valence-electron chi connectivity index (χ1n) is 3.75. The highest BCUT2D eigenvalue weighted by atomic mass is 35.5. The van der Waals surface area contributed by atoms with E-state index in [1.54, 1.807) is 0 Å². The van der Waals surface area contributed by atoms with Crippen LogP contribution in [0.25, 0.3) is 0 Å². The van der Waals surface area contributed by atoms with Gasteiger partial charge in [0.2, 0.25) is 11.5 Å². The summed E-state index contributed by atoms with van der Waals surface area (Å²) >= 11 is 6.21. The van der Waals surface area contributed by atoms with Gasteiger partial charge < -0.3 is 10.6 Å². The Morgan fingerprint density at radius 1 is 1.80 bits per heavy atom. The van der Waals surface area contributed by atoms with Gasteiger partial charge in [-0.1, -0.05) is 17.8 Å². The summed E-state index contributed by atoms with van der Waals surface area (Å²) in [5, 5.41) is 2.90. The lowest BCUT2D eigenvalue weighted by molar-refractivity contribution is -0.106. The summed E-state index contributed by atoms with van der Waals surface area (Å²) < 4.78 is 3.78. The Kier molecular flexibility index (Phi) is 4.19. The molecular weight excluding hydrogens is 240 g/mol. The minimum absolute atomic E-state index is 0.0570. The average Bonchev–Trinajstić information content (AvgIpc) is 2.59. The Morgan fingerprint density at radius 3 is 3.00 bits per heavy atom. The van der Waals surface area contributed by atoms with Gasteiger partial charge in [-0.2, -0.15) is 9.36 Å². The summed E-state index contributed by atoms with van der Waals surface area (Å²) in [6.45, 7) is 3.58. The van der Waals surface area contributed by atoms with E-state index >= 15 is 0 Å². The second-order valence-electron chi connectivity index (χ2n) is 2.25. The molecule has 0 aliphatic carbocycles. The van der Waals surface area contributed by atoms with Crippen LogP contribution in [-0.4, -0.2) is 26.9 Å². The Morgan fingerprint density at radius 2 is 2.53 bits per heavy atom. The van der Waals surface area contributed by atoms with E-state index in [2.05, 4.69) is 21.1 Å². The van der Waals surface area contributed by atoms with Gasteiger partial charge >= 0.3 is 0 Å². The normalized spacial score (nSPS) is 11.1. The Bertz CT molecular complexity index is 403. The van der Waals surface area contributed by atoms with Crippen LogP contribution in [0.15, 0.2) is 17.8 Å². The number of hydrogen-bond acceptors (Lipinski definition) is 7. The molecule has 80 valence electrons.